The Morgan fingerprint density at radius 1 is 1.25 bits per heavy atom. The Morgan fingerprint density at radius 2 is 1.83 bits per heavy atom. The van der Waals surface area contributed by atoms with Gasteiger partial charge in [-0.05, 0) is 21.1 Å². The molecule has 0 aromatic carbocycles. The fourth-order valence-electron chi connectivity index (χ4n) is 0.871. The second-order valence-corrected chi connectivity index (χ2v) is 4.02. The van der Waals surface area contributed by atoms with Crippen LogP contribution in [0, 0.1) is 0 Å². The van der Waals surface area contributed by atoms with Crippen LogP contribution in [0.25, 0.3) is 0 Å². The van der Waals surface area contributed by atoms with Gasteiger partial charge >= 0.3 is 0 Å². The number of likely N-dealkylation sites (N-methyl/N-ethyl adjacent to an activating group) is 2. The molecule has 0 rings (SSSR count). The molecule has 0 spiro atoms. The maximum atomic E-state index is 9.29. The van der Waals surface area contributed by atoms with Gasteiger partial charge in [-0.25, -0.2) is 0 Å². The van der Waals surface area contributed by atoms with E-state index in [9.17, 15) is 5.11 Å². The highest BCUT2D eigenvalue weighted by Gasteiger charge is 2.05. The van der Waals surface area contributed by atoms with Crippen LogP contribution in [0.5, 0.6) is 0 Å². The number of aliphatic hydroxyl groups excluding tert-OH is 1. The van der Waals surface area contributed by atoms with Gasteiger partial charge in [0.25, 0.3) is 0 Å². The second-order valence-electron chi connectivity index (χ2n) is 3.37. The molecule has 3 nitrogen and oxygen atoms in total. The molecule has 0 radical (unpaired) electrons. The van der Waals surface area contributed by atoms with E-state index in [2.05, 4.69) is 39.8 Å². The molecule has 0 aliphatic carbocycles. The molecule has 1 atom stereocenters. The summed E-state index contributed by atoms with van der Waals surface area (Å²) in [6.45, 7) is 2.77. The lowest BCUT2D eigenvalue weighted by Crippen LogP contribution is -2.34. The first-order valence-electron chi connectivity index (χ1n) is 4.13. The molecule has 0 amide bonds. The van der Waals surface area contributed by atoms with Crippen molar-refractivity contribution in [3.63, 3.8) is 0 Å². The number of halogens is 1. The van der Waals surface area contributed by atoms with Crippen molar-refractivity contribution in [1.82, 2.24) is 9.80 Å². The maximum Gasteiger partial charge on any atom is 0.0763 e. The Hall–Kier alpha value is 0.360. The van der Waals surface area contributed by atoms with E-state index in [0.29, 0.717) is 5.33 Å². The monoisotopic (exact) mass is 238 g/mol. The first-order chi connectivity index (χ1) is 5.56. The van der Waals surface area contributed by atoms with Gasteiger partial charge in [0.15, 0.2) is 0 Å². The average Bonchev–Trinajstić information content (AvgIpc) is 2.00. The van der Waals surface area contributed by atoms with Gasteiger partial charge in [0.2, 0.25) is 0 Å². The predicted octanol–water partition coefficient (Wildman–Crippen LogP) is 0.236. The molecule has 0 bridgehead atoms. The zero-order valence-corrected chi connectivity index (χ0v) is 9.71. The molecule has 0 fully saturated rings. The molecule has 1 unspecified atom stereocenters. The summed E-state index contributed by atoms with van der Waals surface area (Å²) in [5.74, 6) is 0. The molecule has 0 aliphatic heterocycles. The second kappa shape index (κ2) is 6.83. The van der Waals surface area contributed by atoms with Crippen LogP contribution >= 0.6 is 15.9 Å². The molecular formula is C8H19BrN2O. The minimum absolute atomic E-state index is 0.253. The van der Waals surface area contributed by atoms with Crippen LogP contribution in [0.4, 0.5) is 0 Å². The van der Waals surface area contributed by atoms with Crippen LogP contribution in [0.3, 0.4) is 0 Å². The summed E-state index contributed by atoms with van der Waals surface area (Å²) >= 11 is 3.24. The summed E-state index contributed by atoms with van der Waals surface area (Å²) in [5, 5.41) is 9.94. The fourth-order valence-corrected chi connectivity index (χ4v) is 1.08. The minimum Gasteiger partial charge on any atom is -0.391 e. The van der Waals surface area contributed by atoms with Crippen LogP contribution in [0.15, 0.2) is 0 Å². The Labute approximate surface area is 83.5 Å². The van der Waals surface area contributed by atoms with Crippen LogP contribution in [0.2, 0.25) is 0 Å². The molecular weight excluding hydrogens is 220 g/mol. The van der Waals surface area contributed by atoms with Gasteiger partial charge in [-0.2, -0.15) is 0 Å². The zero-order chi connectivity index (χ0) is 9.56. The SMILES string of the molecule is CN(C)CCN(C)CC(O)CBr. The Balaban J connectivity index is 3.39. The van der Waals surface area contributed by atoms with E-state index in [0.717, 1.165) is 19.6 Å². The number of rotatable bonds is 6. The lowest BCUT2D eigenvalue weighted by atomic mass is 10.3. The summed E-state index contributed by atoms with van der Waals surface area (Å²) in [5.41, 5.74) is 0. The Kier molecular flexibility index (Phi) is 7.04. The Bertz CT molecular complexity index is 111. The van der Waals surface area contributed by atoms with Crippen molar-refractivity contribution in [2.45, 2.75) is 6.10 Å². The summed E-state index contributed by atoms with van der Waals surface area (Å²) in [6.07, 6.45) is -0.253. The number of alkyl halides is 1. The van der Waals surface area contributed by atoms with Crippen molar-refractivity contribution < 1.29 is 5.11 Å². The quantitative estimate of drug-likeness (QED) is 0.672. The van der Waals surface area contributed by atoms with Gasteiger partial charge in [0.05, 0.1) is 6.10 Å². The highest BCUT2D eigenvalue weighted by atomic mass is 79.9. The average molecular weight is 239 g/mol. The fraction of sp³-hybridized carbons (Fsp3) is 1.00. The normalized spacial score (nSPS) is 14.2. The van der Waals surface area contributed by atoms with Crippen molar-refractivity contribution in [2.75, 3.05) is 46.1 Å². The topological polar surface area (TPSA) is 26.7 Å². The van der Waals surface area contributed by atoms with Crippen LogP contribution in [-0.4, -0.2) is 67.1 Å². The third-order valence-corrected chi connectivity index (χ3v) is 2.38. The summed E-state index contributed by atoms with van der Waals surface area (Å²) < 4.78 is 0. The molecule has 0 saturated carbocycles. The predicted molar refractivity (Wildman–Crippen MR) is 55.9 cm³/mol. The van der Waals surface area contributed by atoms with Gasteiger partial charge < -0.3 is 14.9 Å². The first-order valence-corrected chi connectivity index (χ1v) is 5.25. The molecule has 12 heavy (non-hydrogen) atoms. The number of nitrogens with zero attached hydrogens (tertiary/aromatic N) is 2. The number of hydrogen-bond acceptors (Lipinski definition) is 3. The number of hydrogen-bond donors (Lipinski definition) is 1. The molecule has 4 heteroatoms. The maximum absolute atomic E-state index is 9.29. The minimum atomic E-state index is -0.253. The summed E-state index contributed by atoms with van der Waals surface area (Å²) in [4.78, 5) is 4.27. The third-order valence-electron chi connectivity index (χ3n) is 1.63. The van der Waals surface area contributed by atoms with Crippen LogP contribution in [-0.2, 0) is 0 Å². The van der Waals surface area contributed by atoms with Gasteiger partial charge in [0.1, 0.15) is 0 Å². The highest BCUT2D eigenvalue weighted by molar-refractivity contribution is 9.09. The van der Waals surface area contributed by atoms with E-state index in [4.69, 9.17) is 0 Å². The third kappa shape index (κ3) is 7.03. The molecule has 0 heterocycles. The molecule has 0 aromatic heterocycles. The molecule has 0 aliphatic rings. The Morgan fingerprint density at radius 3 is 2.25 bits per heavy atom. The van der Waals surface area contributed by atoms with E-state index in [-0.39, 0.29) is 6.10 Å². The van der Waals surface area contributed by atoms with E-state index >= 15 is 0 Å². The smallest absolute Gasteiger partial charge is 0.0763 e. The van der Waals surface area contributed by atoms with Crippen molar-refractivity contribution in [3.8, 4) is 0 Å². The summed E-state index contributed by atoms with van der Waals surface area (Å²) in [6, 6.07) is 0. The molecule has 1 N–H and O–H groups in total. The van der Waals surface area contributed by atoms with Gasteiger partial charge in [-0.15, -0.1) is 0 Å². The van der Waals surface area contributed by atoms with E-state index in [1.165, 1.54) is 0 Å². The molecule has 0 saturated heterocycles. The van der Waals surface area contributed by atoms with Crippen LogP contribution < -0.4 is 0 Å². The largest absolute Gasteiger partial charge is 0.391 e. The van der Waals surface area contributed by atoms with Gasteiger partial charge in [-0.1, -0.05) is 15.9 Å². The lowest BCUT2D eigenvalue weighted by molar-refractivity contribution is 0.141. The van der Waals surface area contributed by atoms with E-state index in [1.54, 1.807) is 0 Å². The van der Waals surface area contributed by atoms with Crippen LogP contribution in [0.1, 0.15) is 0 Å². The summed E-state index contributed by atoms with van der Waals surface area (Å²) in [7, 11) is 6.12. The van der Waals surface area contributed by atoms with Gasteiger partial charge in [-0.3, -0.25) is 0 Å². The molecule has 74 valence electrons. The zero-order valence-electron chi connectivity index (χ0n) is 8.13. The standard InChI is InChI=1S/C8H19BrN2O/c1-10(2)4-5-11(3)7-8(12)6-9/h8,12H,4-7H2,1-3H3. The van der Waals surface area contributed by atoms with Crippen molar-refractivity contribution in [2.24, 2.45) is 0 Å². The number of aliphatic hydroxyl groups is 1. The molecule has 0 aromatic rings. The first kappa shape index (κ1) is 12.4. The highest BCUT2D eigenvalue weighted by Crippen LogP contribution is 1.93. The van der Waals surface area contributed by atoms with Crippen molar-refractivity contribution in [1.29, 1.82) is 0 Å². The lowest BCUT2D eigenvalue weighted by Gasteiger charge is -2.21. The van der Waals surface area contributed by atoms with Gasteiger partial charge in [0, 0.05) is 25.0 Å². The van der Waals surface area contributed by atoms with Crippen molar-refractivity contribution in [3.05, 3.63) is 0 Å². The van der Waals surface area contributed by atoms with Crippen molar-refractivity contribution >= 4 is 15.9 Å². The van der Waals surface area contributed by atoms with E-state index < -0.39 is 0 Å². The van der Waals surface area contributed by atoms with E-state index in [1.807, 2.05) is 7.05 Å².